The Labute approximate surface area is 125 Å². The number of rotatable bonds is 5. The van der Waals surface area contributed by atoms with Gasteiger partial charge in [0.05, 0.1) is 7.11 Å². The standard InChI is InChI=1S/C16H23NO4/c1-16(2,3)21-15(19)17-10-6-5-7-12-8-9-13(20-4)11-14(12)18/h5,7-9,11,18H,6,10H2,1-4H3,(H,17,19). The lowest BCUT2D eigenvalue weighted by atomic mass is 10.1. The van der Waals surface area contributed by atoms with Gasteiger partial charge in [-0.3, -0.25) is 0 Å². The SMILES string of the molecule is COc1ccc(C=CCCNC(=O)OC(C)(C)C)c(O)c1. The van der Waals surface area contributed by atoms with Gasteiger partial charge < -0.3 is 19.9 Å². The first kappa shape index (κ1) is 16.9. The summed E-state index contributed by atoms with van der Waals surface area (Å²) in [6, 6.07) is 5.10. The van der Waals surface area contributed by atoms with Crippen LogP contribution in [0.3, 0.4) is 0 Å². The van der Waals surface area contributed by atoms with Crippen LogP contribution in [0, 0.1) is 0 Å². The largest absolute Gasteiger partial charge is 0.507 e. The molecule has 0 aliphatic carbocycles. The quantitative estimate of drug-likeness (QED) is 0.817. The third-order valence-corrected chi connectivity index (χ3v) is 2.51. The first-order valence-corrected chi connectivity index (χ1v) is 6.82. The normalized spacial score (nSPS) is 11.4. The van der Waals surface area contributed by atoms with E-state index in [1.54, 1.807) is 31.4 Å². The molecular formula is C16H23NO4. The monoisotopic (exact) mass is 293 g/mol. The second kappa shape index (κ2) is 7.57. The molecule has 0 saturated carbocycles. The van der Waals surface area contributed by atoms with Gasteiger partial charge in [0.2, 0.25) is 0 Å². The molecule has 1 amide bonds. The van der Waals surface area contributed by atoms with Crippen molar-refractivity contribution in [3.05, 3.63) is 29.8 Å². The Morgan fingerprint density at radius 2 is 2.10 bits per heavy atom. The van der Waals surface area contributed by atoms with E-state index < -0.39 is 11.7 Å². The van der Waals surface area contributed by atoms with Gasteiger partial charge in [0.15, 0.2) is 0 Å². The van der Waals surface area contributed by atoms with Crippen molar-refractivity contribution < 1.29 is 19.4 Å². The summed E-state index contributed by atoms with van der Waals surface area (Å²) >= 11 is 0. The van der Waals surface area contributed by atoms with Crippen molar-refractivity contribution >= 4 is 12.2 Å². The number of benzene rings is 1. The number of aromatic hydroxyl groups is 1. The Bertz CT molecular complexity index is 503. The number of ether oxygens (including phenoxy) is 2. The van der Waals surface area contributed by atoms with Crippen LogP contribution >= 0.6 is 0 Å². The molecule has 0 saturated heterocycles. The van der Waals surface area contributed by atoms with Crippen LogP contribution in [0.5, 0.6) is 11.5 Å². The van der Waals surface area contributed by atoms with Crippen LogP contribution in [0.25, 0.3) is 6.08 Å². The second-order valence-corrected chi connectivity index (χ2v) is 5.54. The Balaban J connectivity index is 2.37. The minimum atomic E-state index is -0.491. The molecule has 0 unspecified atom stereocenters. The third-order valence-electron chi connectivity index (χ3n) is 2.51. The van der Waals surface area contributed by atoms with E-state index in [-0.39, 0.29) is 5.75 Å². The summed E-state index contributed by atoms with van der Waals surface area (Å²) in [5.41, 5.74) is 0.211. The summed E-state index contributed by atoms with van der Waals surface area (Å²) in [4.78, 5) is 11.4. The van der Waals surface area contributed by atoms with E-state index >= 15 is 0 Å². The van der Waals surface area contributed by atoms with Crippen molar-refractivity contribution in [2.24, 2.45) is 0 Å². The highest BCUT2D eigenvalue weighted by Crippen LogP contribution is 2.24. The Morgan fingerprint density at radius 1 is 1.38 bits per heavy atom. The lowest BCUT2D eigenvalue weighted by molar-refractivity contribution is 0.0529. The molecule has 0 atom stereocenters. The van der Waals surface area contributed by atoms with E-state index in [0.717, 1.165) is 0 Å². The van der Waals surface area contributed by atoms with Gasteiger partial charge in [0, 0.05) is 18.2 Å². The maximum Gasteiger partial charge on any atom is 0.407 e. The van der Waals surface area contributed by atoms with E-state index in [4.69, 9.17) is 9.47 Å². The van der Waals surface area contributed by atoms with Gasteiger partial charge in [-0.15, -0.1) is 0 Å². The number of phenolic OH excluding ortho intramolecular Hbond substituents is 1. The fourth-order valence-electron chi connectivity index (χ4n) is 1.57. The number of nitrogens with one attached hydrogen (secondary N) is 1. The van der Waals surface area contributed by atoms with Gasteiger partial charge in [-0.1, -0.05) is 12.2 Å². The van der Waals surface area contributed by atoms with Crippen molar-refractivity contribution in [3.8, 4) is 11.5 Å². The Hall–Kier alpha value is -2.17. The summed E-state index contributed by atoms with van der Waals surface area (Å²) in [6.07, 6.45) is 3.89. The molecule has 21 heavy (non-hydrogen) atoms. The third kappa shape index (κ3) is 6.70. The van der Waals surface area contributed by atoms with Crippen LogP contribution in [0.15, 0.2) is 24.3 Å². The number of carbonyl (C=O) groups excluding carboxylic acids is 1. The second-order valence-electron chi connectivity index (χ2n) is 5.54. The van der Waals surface area contributed by atoms with Crippen LogP contribution < -0.4 is 10.1 Å². The van der Waals surface area contributed by atoms with Crippen molar-refractivity contribution in [1.82, 2.24) is 5.32 Å². The van der Waals surface area contributed by atoms with Crippen LogP contribution in [0.2, 0.25) is 0 Å². The smallest absolute Gasteiger partial charge is 0.407 e. The van der Waals surface area contributed by atoms with E-state index in [1.807, 2.05) is 26.8 Å². The molecule has 0 spiro atoms. The highest BCUT2D eigenvalue weighted by molar-refractivity contribution is 5.67. The first-order valence-electron chi connectivity index (χ1n) is 6.82. The van der Waals surface area contributed by atoms with Crippen LogP contribution in [-0.2, 0) is 4.74 Å². The molecule has 1 aromatic rings. The molecule has 5 nitrogen and oxygen atoms in total. The van der Waals surface area contributed by atoms with Crippen LogP contribution in [-0.4, -0.2) is 30.5 Å². The summed E-state index contributed by atoms with van der Waals surface area (Å²) in [5.74, 6) is 0.766. The summed E-state index contributed by atoms with van der Waals surface area (Å²) in [7, 11) is 1.55. The summed E-state index contributed by atoms with van der Waals surface area (Å²) in [5, 5.41) is 12.4. The zero-order valence-electron chi connectivity index (χ0n) is 13.0. The molecule has 5 heteroatoms. The molecule has 0 radical (unpaired) electrons. The summed E-state index contributed by atoms with van der Waals surface area (Å²) in [6.45, 7) is 5.93. The lowest BCUT2D eigenvalue weighted by Crippen LogP contribution is -2.32. The number of hydrogen-bond acceptors (Lipinski definition) is 4. The average Bonchev–Trinajstić information content (AvgIpc) is 2.37. The predicted octanol–water partition coefficient (Wildman–Crippen LogP) is 3.33. The maximum absolute atomic E-state index is 11.4. The fourth-order valence-corrected chi connectivity index (χ4v) is 1.57. The number of carbonyl (C=O) groups is 1. The minimum Gasteiger partial charge on any atom is -0.507 e. The maximum atomic E-state index is 11.4. The number of alkyl carbamates (subject to hydrolysis) is 1. The van der Waals surface area contributed by atoms with Crippen molar-refractivity contribution in [2.75, 3.05) is 13.7 Å². The molecule has 0 aliphatic rings. The van der Waals surface area contributed by atoms with Gasteiger partial charge in [-0.05, 0) is 39.3 Å². The van der Waals surface area contributed by atoms with Gasteiger partial charge in [-0.2, -0.15) is 0 Å². The van der Waals surface area contributed by atoms with Gasteiger partial charge >= 0.3 is 6.09 Å². The molecule has 116 valence electrons. The number of methoxy groups -OCH3 is 1. The average molecular weight is 293 g/mol. The molecule has 2 N–H and O–H groups in total. The van der Waals surface area contributed by atoms with Crippen LogP contribution in [0.4, 0.5) is 4.79 Å². The van der Waals surface area contributed by atoms with Crippen molar-refractivity contribution in [2.45, 2.75) is 32.8 Å². The molecule has 0 heterocycles. The molecule has 0 bridgehead atoms. The minimum absolute atomic E-state index is 0.158. The van der Waals surface area contributed by atoms with Gasteiger partial charge in [-0.25, -0.2) is 4.79 Å². The highest BCUT2D eigenvalue weighted by atomic mass is 16.6. The van der Waals surface area contributed by atoms with E-state index in [0.29, 0.717) is 24.3 Å². The Kier molecular flexibility index (Phi) is 6.09. The molecule has 0 aromatic heterocycles. The zero-order valence-corrected chi connectivity index (χ0v) is 13.0. The van der Waals surface area contributed by atoms with Gasteiger partial charge in [0.1, 0.15) is 17.1 Å². The highest BCUT2D eigenvalue weighted by Gasteiger charge is 2.15. The van der Waals surface area contributed by atoms with Crippen LogP contribution in [0.1, 0.15) is 32.8 Å². The van der Waals surface area contributed by atoms with E-state index in [2.05, 4.69) is 5.32 Å². The summed E-state index contributed by atoms with van der Waals surface area (Å²) < 4.78 is 10.1. The molecule has 0 fully saturated rings. The number of phenols is 1. The first-order chi connectivity index (χ1) is 9.81. The zero-order chi connectivity index (χ0) is 15.9. The van der Waals surface area contributed by atoms with Crippen molar-refractivity contribution in [3.63, 3.8) is 0 Å². The van der Waals surface area contributed by atoms with E-state index in [1.165, 1.54) is 0 Å². The predicted molar refractivity (Wildman–Crippen MR) is 82.5 cm³/mol. The Morgan fingerprint density at radius 3 is 2.67 bits per heavy atom. The lowest BCUT2D eigenvalue weighted by Gasteiger charge is -2.19. The topological polar surface area (TPSA) is 67.8 Å². The molecule has 1 aromatic carbocycles. The van der Waals surface area contributed by atoms with E-state index in [9.17, 15) is 9.90 Å². The van der Waals surface area contributed by atoms with Crippen molar-refractivity contribution in [1.29, 1.82) is 0 Å². The molecule has 0 aliphatic heterocycles. The number of amides is 1. The number of hydrogen-bond donors (Lipinski definition) is 2. The van der Waals surface area contributed by atoms with Gasteiger partial charge in [0.25, 0.3) is 0 Å². The molecular weight excluding hydrogens is 270 g/mol. The molecule has 1 rings (SSSR count). The fraction of sp³-hybridized carbons (Fsp3) is 0.438.